The summed E-state index contributed by atoms with van der Waals surface area (Å²) in [5.74, 6) is 0.954. The Balaban J connectivity index is 2.54. The van der Waals surface area contributed by atoms with Gasteiger partial charge >= 0.3 is 5.97 Å². The first-order chi connectivity index (χ1) is 4.74. The second-order valence-electron chi connectivity index (χ2n) is 1.87. The Morgan fingerprint density at radius 2 is 2.40 bits per heavy atom. The zero-order valence-corrected chi connectivity index (χ0v) is 4.93. The standard InChI is InChI=1S/C6H4F2O2/c7-2-1-4-3-5(8)6(9)10-4/h4-5H,3H2. The normalized spacial score (nSPS) is 30.8. The molecule has 2 unspecified atom stereocenters. The zero-order valence-electron chi connectivity index (χ0n) is 4.93. The number of cyclic esters (lactones) is 1. The van der Waals surface area contributed by atoms with Gasteiger partial charge in [0.05, 0.1) is 0 Å². The molecule has 2 nitrogen and oxygen atoms in total. The first kappa shape index (κ1) is 7.00. The SMILES string of the molecule is O=C1OC(C#CF)CC1F. The van der Waals surface area contributed by atoms with Crippen LogP contribution in [0, 0.1) is 12.1 Å². The van der Waals surface area contributed by atoms with E-state index in [0.717, 1.165) is 6.17 Å². The molecule has 54 valence electrons. The molecule has 0 saturated carbocycles. The summed E-state index contributed by atoms with van der Waals surface area (Å²) in [4.78, 5) is 10.3. The summed E-state index contributed by atoms with van der Waals surface area (Å²) in [6.45, 7) is 0. The highest BCUT2D eigenvalue weighted by atomic mass is 19.1. The Morgan fingerprint density at radius 3 is 2.80 bits per heavy atom. The third kappa shape index (κ3) is 1.24. The van der Waals surface area contributed by atoms with Gasteiger partial charge in [0.15, 0.2) is 6.10 Å². The van der Waals surface area contributed by atoms with Crippen LogP contribution in [0.2, 0.25) is 0 Å². The Hall–Kier alpha value is -1.11. The van der Waals surface area contributed by atoms with Gasteiger partial charge in [-0.2, -0.15) is 0 Å². The predicted octanol–water partition coefficient (Wildman–Crippen LogP) is 0.570. The lowest BCUT2D eigenvalue weighted by molar-refractivity contribution is -0.143. The minimum Gasteiger partial charge on any atom is -0.447 e. The Morgan fingerprint density at radius 1 is 1.70 bits per heavy atom. The average Bonchev–Trinajstić information content (AvgIpc) is 2.14. The summed E-state index contributed by atoms with van der Waals surface area (Å²) in [7, 11) is 0. The van der Waals surface area contributed by atoms with Crippen molar-refractivity contribution in [2.75, 3.05) is 0 Å². The molecule has 0 radical (unpaired) electrons. The van der Waals surface area contributed by atoms with E-state index < -0.39 is 18.2 Å². The lowest BCUT2D eigenvalue weighted by atomic mass is 10.2. The van der Waals surface area contributed by atoms with Crippen LogP contribution in [0.5, 0.6) is 0 Å². The van der Waals surface area contributed by atoms with Crippen LogP contribution in [-0.2, 0) is 9.53 Å². The van der Waals surface area contributed by atoms with Crippen LogP contribution in [0.3, 0.4) is 0 Å². The van der Waals surface area contributed by atoms with Gasteiger partial charge in [-0.05, 0) is 5.92 Å². The average molecular weight is 146 g/mol. The van der Waals surface area contributed by atoms with Gasteiger partial charge in [0.2, 0.25) is 6.17 Å². The molecule has 2 atom stereocenters. The number of carbonyl (C=O) groups excluding carboxylic acids is 1. The molecule has 0 aromatic carbocycles. The predicted molar refractivity (Wildman–Crippen MR) is 28.3 cm³/mol. The summed E-state index contributed by atoms with van der Waals surface area (Å²) in [6.07, 6.45) is -1.63. The first-order valence-electron chi connectivity index (χ1n) is 2.69. The van der Waals surface area contributed by atoms with Gasteiger partial charge < -0.3 is 4.74 Å². The number of alkyl halides is 1. The summed E-state index contributed by atoms with van der Waals surface area (Å²) in [6, 6.07) is 0. The molecule has 4 heteroatoms. The van der Waals surface area contributed by atoms with Crippen LogP contribution < -0.4 is 0 Å². The third-order valence-corrected chi connectivity index (χ3v) is 1.15. The lowest BCUT2D eigenvalue weighted by Crippen LogP contribution is -2.06. The maximum absolute atomic E-state index is 12.2. The number of rotatable bonds is 0. The van der Waals surface area contributed by atoms with Crippen molar-refractivity contribution in [3.8, 4) is 12.1 Å². The fraction of sp³-hybridized carbons (Fsp3) is 0.500. The number of halogens is 2. The van der Waals surface area contributed by atoms with Crippen molar-refractivity contribution in [3.05, 3.63) is 0 Å². The number of hydrogen-bond donors (Lipinski definition) is 0. The highest BCUT2D eigenvalue weighted by molar-refractivity contribution is 5.77. The largest absolute Gasteiger partial charge is 0.447 e. The van der Waals surface area contributed by atoms with Gasteiger partial charge in [-0.25, -0.2) is 9.18 Å². The van der Waals surface area contributed by atoms with Crippen LogP contribution >= 0.6 is 0 Å². The van der Waals surface area contributed by atoms with Gasteiger partial charge in [-0.3, -0.25) is 0 Å². The van der Waals surface area contributed by atoms with Gasteiger partial charge in [-0.1, -0.05) is 0 Å². The number of esters is 1. The van der Waals surface area contributed by atoms with Crippen molar-refractivity contribution in [2.45, 2.75) is 18.7 Å². The monoisotopic (exact) mass is 146 g/mol. The van der Waals surface area contributed by atoms with E-state index in [1.807, 2.05) is 5.92 Å². The Labute approximate surface area is 56.2 Å². The van der Waals surface area contributed by atoms with E-state index in [4.69, 9.17) is 0 Å². The molecule has 0 aromatic rings. The van der Waals surface area contributed by atoms with E-state index in [9.17, 15) is 13.6 Å². The Kier molecular flexibility index (Phi) is 1.86. The van der Waals surface area contributed by atoms with Gasteiger partial charge in [0, 0.05) is 6.42 Å². The molecular formula is C6H4F2O2. The fourth-order valence-electron chi connectivity index (χ4n) is 0.696. The molecule has 0 N–H and O–H groups in total. The van der Waals surface area contributed by atoms with E-state index in [0.29, 0.717) is 0 Å². The molecule has 1 rings (SSSR count). The van der Waals surface area contributed by atoms with Crippen LogP contribution in [0.4, 0.5) is 8.78 Å². The quantitative estimate of drug-likeness (QED) is 0.369. The van der Waals surface area contributed by atoms with E-state index in [2.05, 4.69) is 4.74 Å². The highest BCUT2D eigenvalue weighted by Crippen LogP contribution is 2.16. The molecule has 0 amide bonds. The minimum atomic E-state index is -1.63. The number of carbonyl (C=O) groups is 1. The van der Waals surface area contributed by atoms with Crippen molar-refractivity contribution < 1.29 is 18.3 Å². The van der Waals surface area contributed by atoms with E-state index in [1.54, 1.807) is 0 Å². The number of ether oxygens (including phenoxy) is 1. The van der Waals surface area contributed by atoms with Crippen LogP contribution in [0.15, 0.2) is 0 Å². The van der Waals surface area contributed by atoms with Crippen molar-refractivity contribution in [2.24, 2.45) is 0 Å². The van der Waals surface area contributed by atoms with Crippen LogP contribution in [-0.4, -0.2) is 18.2 Å². The molecule has 1 aliphatic rings. The summed E-state index contributed by atoms with van der Waals surface area (Å²) < 4.78 is 27.7. The summed E-state index contributed by atoms with van der Waals surface area (Å²) in [5.41, 5.74) is 0. The molecule has 10 heavy (non-hydrogen) atoms. The molecule has 1 aliphatic heterocycles. The molecule has 0 bridgehead atoms. The summed E-state index contributed by atoms with van der Waals surface area (Å²) >= 11 is 0. The lowest BCUT2D eigenvalue weighted by Gasteiger charge is -1.94. The van der Waals surface area contributed by atoms with Gasteiger partial charge in [0.25, 0.3) is 0 Å². The van der Waals surface area contributed by atoms with Crippen LogP contribution in [0.25, 0.3) is 0 Å². The molecular weight excluding hydrogens is 142 g/mol. The van der Waals surface area contributed by atoms with E-state index >= 15 is 0 Å². The molecule has 1 heterocycles. The van der Waals surface area contributed by atoms with Crippen molar-refractivity contribution in [3.63, 3.8) is 0 Å². The Bertz CT molecular complexity index is 204. The van der Waals surface area contributed by atoms with Crippen LogP contribution in [0.1, 0.15) is 6.42 Å². The first-order valence-corrected chi connectivity index (χ1v) is 2.69. The highest BCUT2D eigenvalue weighted by Gasteiger charge is 2.33. The third-order valence-electron chi connectivity index (χ3n) is 1.15. The smallest absolute Gasteiger partial charge is 0.342 e. The molecule has 1 fully saturated rings. The van der Waals surface area contributed by atoms with E-state index in [-0.39, 0.29) is 6.42 Å². The van der Waals surface area contributed by atoms with Gasteiger partial charge in [0.1, 0.15) is 6.17 Å². The maximum atomic E-state index is 12.2. The van der Waals surface area contributed by atoms with Crippen molar-refractivity contribution in [1.29, 1.82) is 0 Å². The molecule has 0 aromatic heterocycles. The molecule has 0 spiro atoms. The second-order valence-corrected chi connectivity index (χ2v) is 1.87. The second kappa shape index (κ2) is 2.65. The summed E-state index contributed by atoms with van der Waals surface area (Å²) in [5, 5.41) is 0. The minimum absolute atomic E-state index is 0.157. The molecule has 1 saturated heterocycles. The fourth-order valence-corrected chi connectivity index (χ4v) is 0.696. The topological polar surface area (TPSA) is 26.3 Å². The van der Waals surface area contributed by atoms with Gasteiger partial charge in [-0.15, -0.1) is 4.39 Å². The van der Waals surface area contributed by atoms with E-state index in [1.165, 1.54) is 0 Å². The maximum Gasteiger partial charge on any atom is 0.342 e. The van der Waals surface area contributed by atoms with Crippen molar-refractivity contribution >= 4 is 5.97 Å². The van der Waals surface area contributed by atoms with Crippen molar-refractivity contribution in [1.82, 2.24) is 0 Å². The number of hydrogen-bond acceptors (Lipinski definition) is 2. The molecule has 0 aliphatic carbocycles. The zero-order chi connectivity index (χ0) is 7.56.